The molecule has 0 radical (unpaired) electrons. The largest absolute Gasteiger partial charge is 0.477 e. The van der Waals surface area contributed by atoms with Crippen LogP contribution in [0.4, 0.5) is 0 Å². The van der Waals surface area contributed by atoms with Gasteiger partial charge in [-0.15, -0.1) is 0 Å². The van der Waals surface area contributed by atoms with E-state index in [1.165, 1.54) is 0 Å². The Balaban J connectivity index is 2.87. The van der Waals surface area contributed by atoms with E-state index >= 15 is 0 Å². The number of aromatic nitrogens is 1. The molecule has 1 aromatic heterocycles. The molecule has 0 bridgehead atoms. The molecule has 0 aliphatic heterocycles. The lowest BCUT2D eigenvalue weighted by Gasteiger charge is -2.05. The van der Waals surface area contributed by atoms with Crippen LogP contribution in [-0.4, -0.2) is 15.6 Å². The SMILES string of the molecule is CCn1c(C(=O)O)cc2c(C)cc(C)cc21. The van der Waals surface area contributed by atoms with Crippen LogP contribution in [0.1, 0.15) is 28.5 Å². The second-order valence-electron chi connectivity index (χ2n) is 4.09. The Labute approximate surface area is 94.3 Å². The van der Waals surface area contributed by atoms with Crippen molar-refractivity contribution < 1.29 is 9.90 Å². The van der Waals surface area contributed by atoms with Crippen LogP contribution in [0.25, 0.3) is 10.9 Å². The summed E-state index contributed by atoms with van der Waals surface area (Å²) >= 11 is 0. The first kappa shape index (κ1) is 10.7. The third kappa shape index (κ3) is 1.48. The van der Waals surface area contributed by atoms with E-state index in [4.69, 9.17) is 5.11 Å². The molecule has 2 rings (SSSR count). The highest BCUT2D eigenvalue weighted by Gasteiger charge is 2.14. The molecule has 0 saturated carbocycles. The molecule has 1 aromatic carbocycles. The van der Waals surface area contributed by atoms with Gasteiger partial charge in [0.25, 0.3) is 0 Å². The van der Waals surface area contributed by atoms with Gasteiger partial charge in [-0.1, -0.05) is 6.07 Å². The van der Waals surface area contributed by atoms with Crippen LogP contribution in [0.2, 0.25) is 0 Å². The van der Waals surface area contributed by atoms with E-state index in [9.17, 15) is 4.79 Å². The number of carboxylic acids is 1. The molecule has 84 valence electrons. The van der Waals surface area contributed by atoms with Gasteiger partial charge in [-0.2, -0.15) is 0 Å². The Bertz CT molecular complexity index is 567. The van der Waals surface area contributed by atoms with Crippen molar-refractivity contribution in [1.29, 1.82) is 0 Å². The minimum Gasteiger partial charge on any atom is -0.477 e. The van der Waals surface area contributed by atoms with Gasteiger partial charge in [0.05, 0.1) is 0 Å². The summed E-state index contributed by atoms with van der Waals surface area (Å²) in [7, 11) is 0. The van der Waals surface area contributed by atoms with Crippen LogP contribution < -0.4 is 0 Å². The Morgan fingerprint density at radius 1 is 1.31 bits per heavy atom. The van der Waals surface area contributed by atoms with E-state index in [0.29, 0.717) is 12.2 Å². The summed E-state index contributed by atoms with van der Waals surface area (Å²) < 4.78 is 1.84. The fraction of sp³-hybridized carbons (Fsp3) is 0.308. The molecular weight excluding hydrogens is 202 g/mol. The molecule has 0 aliphatic carbocycles. The van der Waals surface area contributed by atoms with Crippen molar-refractivity contribution in [3.05, 3.63) is 35.0 Å². The normalized spacial score (nSPS) is 10.9. The lowest BCUT2D eigenvalue weighted by Crippen LogP contribution is -2.06. The van der Waals surface area contributed by atoms with Crippen molar-refractivity contribution in [3.8, 4) is 0 Å². The number of carbonyl (C=O) groups is 1. The average Bonchev–Trinajstić information content (AvgIpc) is 2.56. The number of hydrogen-bond acceptors (Lipinski definition) is 1. The summed E-state index contributed by atoms with van der Waals surface area (Å²) in [4.78, 5) is 11.1. The van der Waals surface area contributed by atoms with Crippen molar-refractivity contribution in [2.24, 2.45) is 0 Å². The maximum atomic E-state index is 11.1. The lowest BCUT2D eigenvalue weighted by molar-refractivity contribution is 0.0686. The Morgan fingerprint density at radius 2 is 2.00 bits per heavy atom. The van der Waals surface area contributed by atoms with E-state index in [0.717, 1.165) is 22.0 Å². The highest BCUT2D eigenvalue weighted by atomic mass is 16.4. The first-order valence-corrected chi connectivity index (χ1v) is 5.38. The van der Waals surface area contributed by atoms with Gasteiger partial charge in [-0.3, -0.25) is 0 Å². The van der Waals surface area contributed by atoms with Crippen LogP contribution in [0.15, 0.2) is 18.2 Å². The summed E-state index contributed by atoms with van der Waals surface area (Å²) in [5.41, 5.74) is 3.67. The number of aromatic carboxylic acids is 1. The molecule has 2 aromatic rings. The third-order valence-corrected chi connectivity index (χ3v) is 2.91. The smallest absolute Gasteiger partial charge is 0.352 e. The maximum absolute atomic E-state index is 11.1. The zero-order valence-corrected chi connectivity index (χ0v) is 9.74. The lowest BCUT2D eigenvalue weighted by atomic mass is 10.1. The van der Waals surface area contributed by atoms with Gasteiger partial charge in [-0.05, 0) is 44.0 Å². The fourth-order valence-corrected chi connectivity index (χ4v) is 2.23. The van der Waals surface area contributed by atoms with Crippen LogP contribution in [0.3, 0.4) is 0 Å². The molecule has 0 spiro atoms. The summed E-state index contributed by atoms with van der Waals surface area (Å²) in [6.45, 7) is 6.68. The molecular formula is C13H15NO2. The second kappa shape index (κ2) is 3.67. The fourth-order valence-electron chi connectivity index (χ4n) is 2.23. The van der Waals surface area contributed by atoms with E-state index in [1.807, 2.05) is 31.4 Å². The molecule has 3 heteroatoms. The van der Waals surface area contributed by atoms with Gasteiger partial charge in [0.2, 0.25) is 0 Å². The van der Waals surface area contributed by atoms with Gasteiger partial charge >= 0.3 is 5.97 Å². The zero-order valence-electron chi connectivity index (χ0n) is 9.74. The standard InChI is InChI=1S/C13H15NO2/c1-4-14-11-6-8(2)5-9(3)10(11)7-12(14)13(15)16/h5-7H,4H2,1-3H3,(H,15,16). The molecule has 0 aliphatic rings. The van der Waals surface area contributed by atoms with Crippen LogP contribution in [0, 0.1) is 13.8 Å². The Morgan fingerprint density at radius 3 is 2.56 bits per heavy atom. The van der Waals surface area contributed by atoms with Gasteiger partial charge in [-0.25, -0.2) is 4.79 Å². The summed E-state index contributed by atoms with van der Waals surface area (Å²) in [5.74, 6) is -0.866. The first-order chi connectivity index (χ1) is 7.54. The van der Waals surface area contributed by atoms with Gasteiger partial charge < -0.3 is 9.67 Å². The molecule has 0 amide bonds. The van der Waals surface area contributed by atoms with Crippen LogP contribution in [0.5, 0.6) is 0 Å². The summed E-state index contributed by atoms with van der Waals surface area (Å²) in [6.07, 6.45) is 0. The molecule has 16 heavy (non-hydrogen) atoms. The van der Waals surface area contributed by atoms with Gasteiger partial charge in [0.1, 0.15) is 5.69 Å². The van der Waals surface area contributed by atoms with E-state index in [-0.39, 0.29) is 0 Å². The number of hydrogen-bond donors (Lipinski definition) is 1. The zero-order chi connectivity index (χ0) is 11.9. The minimum absolute atomic E-state index is 0.367. The predicted octanol–water partition coefficient (Wildman–Crippen LogP) is 2.98. The Hall–Kier alpha value is -1.77. The van der Waals surface area contributed by atoms with Crippen LogP contribution >= 0.6 is 0 Å². The van der Waals surface area contributed by atoms with E-state index in [2.05, 4.69) is 6.07 Å². The van der Waals surface area contributed by atoms with Crippen molar-refractivity contribution >= 4 is 16.9 Å². The number of rotatable bonds is 2. The quantitative estimate of drug-likeness (QED) is 0.840. The van der Waals surface area contributed by atoms with Crippen molar-refractivity contribution in [1.82, 2.24) is 4.57 Å². The van der Waals surface area contributed by atoms with E-state index < -0.39 is 5.97 Å². The molecule has 3 nitrogen and oxygen atoms in total. The highest BCUT2D eigenvalue weighted by Crippen LogP contribution is 2.24. The molecule has 0 saturated heterocycles. The predicted molar refractivity (Wildman–Crippen MR) is 64.0 cm³/mol. The monoisotopic (exact) mass is 217 g/mol. The molecule has 0 fully saturated rings. The number of fused-ring (bicyclic) bond motifs is 1. The van der Waals surface area contributed by atoms with Gasteiger partial charge in [0.15, 0.2) is 0 Å². The van der Waals surface area contributed by atoms with Crippen molar-refractivity contribution in [2.45, 2.75) is 27.3 Å². The molecule has 1 heterocycles. The van der Waals surface area contributed by atoms with Gasteiger partial charge in [0, 0.05) is 17.4 Å². The number of aryl methyl sites for hydroxylation is 3. The summed E-state index contributed by atoms with van der Waals surface area (Å²) in [5, 5.41) is 10.2. The maximum Gasteiger partial charge on any atom is 0.352 e. The second-order valence-corrected chi connectivity index (χ2v) is 4.09. The molecule has 0 atom stereocenters. The summed E-state index contributed by atoms with van der Waals surface area (Å²) in [6, 6.07) is 5.88. The van der Waals surface area contributed by atoms with E-state index in [1.54, 1.807) is 6.07 Å². The average molecular weight is 217 g/mol. The number of carboxylic acid groups (broad SMARTS) is 1. The molecule has 0 unspecified atom stereocenters. The minimum atomic E-state index is -0.866. The highest BCUT2D eigenvalue weighted by molar-refractivity contribution is 5.96. The number of benzene rings is 1. The van der Waals surface area contributed by atoms with Crippen molar-refractivity contribution in [2.75, 3.05) is 0 Å². The number of nitrogens with zero attached hydrogens (tertiary/aromatic N) is 1. The third-order valence-electron chi connectivity index (χ3n) is 2.91. The topological polar surface area (TPSA) is 42.2 Å². The van der Waals surface area contributed by atoms with Crippen molar-refractivity contribution in [3.63, 3.8) is 0 Å². The Kier molecular flexibility index (Phi) is 2.46. The molecule has 1 N–H and O–H groups in total. The van der Waals surface area contributed by atoms with Crippen LogP contribution in [-0.2, 0) is 6.54 Å². The first-order valence-electron chi connectivity index (χ1n) is 5.38.